The van der Waals surface area contributed by atoms with E-state index in [1.165, 1.54) is 5.57 Å². The van der Waals surface area contributed by atoms with Crippen molar-refractivity contribution in [3.8, 4) is 0 Å². The Morgan fingerprint density at radius 2 is 2.20 bits per heavy atom. The molecule has 2 heteroatoms. The van der Waals surface area contributed by atoms with Crippen molar-refractivity contribution in [2.24, 2.45) is 4.99 Å². The highest BCUT2D eigenvalue weighted by atomic mass is 14.8. The smallest absolute Gasteiger partial charge is 0.0920 e. The van der Waals surface area contributed by atoms with E-state index in [1.807, 2.05) is 24.6 Å². The number of hydrogen-bond acceptors (Lipinski definition) is 2. The number of allylic oxidation sites excluding steroid dienone is 3. The molecule has 0 spiro atoms. The van der Waals surface area contributed by atoms with Gasteiger partial charge in [-0.05, 0) is 17.7 Å². The number of aliphatic imine (C=N–C) groups is 1. The first-order chi connectivity index (χ1) is 7.43. The molecule has 72 valence electrons. The van der Waals surface area contributed by atoms with Gasteiger partial charge >= 0.3 is 0 Å². The van der Waals surface area contributed by atoms with E-state index >= 15 is 0 Å². The molecule has 0 radical (unpaired) electrons. The van der Waals surface area contributed by atoms with Crippen LogP contribution in [0.2, 0.25) is 0 Å². The first-order valence-electron chi connectivity index (χ1n) is 4.99. The number of fused-ring (bicyclic) bond motifs is 3. The van der Waals surface area contributed by atoms with Crippen LogP contribution in [0.1, 0.15) is 6.42 Å². The molecule has 0 aromatic carbocycles. The summed E-state index contributed by atoms with van der Waals surface area (Å²) in [6.07, 6.45) is 12.8. The van der Waals surface area contributed by atoms with Crippen molar-refractivity contribution >= 4 is 18.0 Å². The number of rotatable bonds is 0. The fourth-order valence-electron chi connectivity index (χ4n) is 1.85. The molecule has 1 aromatic rings. The number of pyridine rings is 1. The van der Waals surface area contributed by atoms with Crippen LogP contribution in [0.3, 0.4) is 0 Å². The quantitative estimate of drug-likeness (QED) is 0.603. The molecule has 0 unspecified atom stereocenters. The molecule has 0 N–H and O–H groups in total. The second-order valence-electron chi connectivity index (χ2n) is 3.61. The molecule has 0 saturated heterocycles. The third-order valence-electron chi connectivity index (χ3n) is 2.59. The van der Waals surface area contributed by atoms with Crippen LogP contribution in [0.4, 0.5) is 0 Å². The molecule has 2 nitrogen and oxygen atoms in total. The Morgan fingerprint density at radius 1 is 1.20 bits per heavy atom. The normalized spacial score (nSPS) is 17.3. The zero-order chi connectivity index (χ0) is 10.1. The van der Waals surface area contributed by atoms with Crippen LogP contribution in [0.5, 0.6) is 0 Å². The summed E-state index contributed by atoms with van der Waals surface area (Å²) in [5.74, 6) is 0. The van der Waals surface area contributed by atoms with Gasteiger partial charge in [0.25, 0.3) is 0 Å². The summed E-state index contributed by atoms with van der Waals surface area (Å²) in [7, 11) is 0. The predicted molar refractivity (Wildman–Crippen MR) is 61.7 cm³/mol. The number of hydrogen-bond donors (Lipinski definition) is 0. The van der Waals surface area contributed by atoms with E-state index in [2.05, 4.69) is 34.3 Å². The largest absolute Gasteiger partial charge is 0.259 e. The first kappa shape index (κ1) is 8.36. The lowest BCUT2D eigenvalue weighted by Crippen LogP contribution is -2.28. The van der Waals surface area contributed by atoms with Gasteiger partial charge in [0, 0.05) is 24.1 Å². The maximum atomic E-state index is 4.43. The molecule has 0 amide bonds. The van der Waals surface area contributed by atoms with E-state index in [-0.39, 0.29) is 0 Å². The maximum Gasteiger partial charge on any atom is 0.0920 e. The molecular weight excluding hydrogens is 184 g/mol. The zero-order valence-electron chi connectivity index (χ0n) is 8.22. The Bertz CT molecular complexity index is 604. The molecule has 2 heterocycles. The van der Waals surface area contributed by atoms with Crippen LogP contribution in [-0.4, -0.2) is 11.2 Å². The van der Waals surface area contributed by atoms with E-state index < -0.39 is 0 Å². The van der Waals surface area contributed by atoms with Crippen LogP contribution >= 0.6 is 0 Å². The Hall–Kier alpha value is -1.96. The minimum Gasteiger partial charge on any atom is -0.259 e. The molecule has 1 aliphatic heterocycles. The van der Waals surface area contributed by atoms with E-state index in [9.17, 15) is 0 Å². The molecule has 15 heavy (non-hydrogen) atoms. The van der Waals surface area contributed by atoms with Gasteiger partial charge in [0.05, 0.1) is 11.0 Å². The Kier molecular flexibility index (Phi) is 1.85. The minimum absolute atomic E-state index is 0.869. The van der Waals surface area contributed by atoms with E-state index in [0.717, 1.165) is 22.7 Å². The van der Waals surface area contributed by atoms with Crippen LogP contribution in [-0.2, 0) is 0 Å². The molecular formula is C13H10N2. The average molecular weight is 194 g/mol. The van der Waals surface area contributed by atoms with Crippen LogP contribution in [0.15, 0.2) is 47.1 Å². The Balaban J connectivity index is 2.43. The average Bonchev–Trinajstić information content (AvgIpc) is 2.61. The lowest BCUT2D eigenvalue weighted by atomic mass is 10.1. The molecule has 1 aromatic heterocycles. The van der Waals surface area contributed by atoms with Gasteiger partial charge in [-0.1, -0.05) is 24.3 Å². The predicted octanol–water partition coefficient (Wildman–Crippen LogP) is 0.941. The molecule has 0 saturated carbocycles. The van der Waals surface area contributed by atoms with Crippen molar-refractivity contribution in [3.63, 3.8) is 0 Å². The summed E-state index contributed by atoms with van der Waals surface area (Å²) in [4.78, 5) is 8.82. The summed E-state index contributed by atoms with van der Waals surface area (Å²) in [5.41, 5.74) is 2.33. The molecule has 0 fully saturated rings. The van der Waals surface area contributed by atoms with E-state index in [1.54, 1.807) is 0 Å². The topological polar surface area (TPSA) is 25.2 Å². The molecule has 2 bridgehead atoms. The fourth-order valence-corrected chi connectivity index (χ4v) is 1.85. The molecule has 2 aliphatic rings. The second-order valence-corrected chi connectivity index (χ2v) is 3.61. The fraction of sp³-hybridized carbons (Fsp3) is 0.0769. The van der Waals surface area contributed by atoms with Gasteiger partial charge in [0.1, 0.15) is 0 Å². The SMILES string of the molecule is C1=CC2=CC=c3cccnc3=C(C2)N=C1. The zero-order valence-corrected chi connectivity index (χ0v) is 8.22. The van der Waals surface area contributed by atoms with Gasteiger partial charge in [-0.15, -0.1) is 0 Å². The second kappa shape index (κ2) is 3.31. The summed E-state index contributed by atoms with van der Waals surface area (Å²) in [6.45, 7) is 0. The summed E-state index contributed by atoms with van der Waals surface area (Å²) in [6, 6.07) is 4.03. The molecule has 1 aliphatic carbocycles. The van der Waals surface area contributed by atoms with Gasteiger partial charge in [0.2, 0.25) is 0 Å². The van der Waals surface area contributed by atoms with Crippen molar-refractivity contribution in [1.82, 2.24) is 4.98 Å². The standard InChI is InChI=1S/C13H10N2/c1-3-10-5-6-11-4-2-8-15-13(11)12(9-10)14-7-1/h1-8H,9H2. The van der Waals surface area contributed by atoms with Crippen LogP contribution < -0.4 is 10.6 Å². The Morgan fingerprint density at radius 3 is 3.20 bits per heavy atom. The maximum absolute atomic E-state index is 4.43. The van der Waals surface area contributed by atoms with Gasteiger partial charge in [-0.2, -0.15) is 0 Å². The van der Waals surface area contributed by atoms with Crippen LogP contribution in [0.25, 0.3) is 11.8 Å². The van der Waals surface area contributed by atoms with Crippen LogP contribution in [0, 0.1) is 0 Å². The molecule has 0 atom stereocenters. The highest BCUT2D eigenvalue weighted by molar-refractivity contribution is 5.79. The summed E-state index contributed by atoms with van der Waals surface area (Å²) < 4.78 is 0. The van der Waals surface area contributed by atoms with Gasteiger partial charge < -0.3 is 0 Å². The minimum atomic E-state index is 0.869. The lowest BCUT2D eigenvalue weighted by Gasteiger charge is -1.97. The third kappa shape index (κ3) is 1.44. The van der Waals surface area contributed by atoms with Crippen molar-refractivity contribution in [2.75, 3.05) is 0 Å². The van der Waals surface area contributed by atoms with Gasteiger partial charge in [-0.25, -0.2) is 0 Å². The number of nitrogens with zero attached hydrogens (tertiary/aromatic N) is 2. The summed E-state index contributed by atoms with van der Waals surface area (Å²) in [5, 5.41) is 2.15. The lowest BCUT2D eigenvalue weighted by molar-refractivity contribution is 1.15. The Labute approximate surface area is 87.7 Å². The van der Waals surface area contributed by atoms with Gasteiger partial charge in [-0.3, -0.25) is 9.98 Å². The van der Waals surface area contributed by atoms with Crippen molar-refractivity contribution in [1.29, 1.82) is 0 Å². The highest BCUT2D eigenvalue weighted by Gasteiger charge is 2.06. The van der Waals surface area contributed by atoms with Crippen molar-refractivity contribution in [3.05, 3.63) is 52.7 Å². The number of aromatic nitrogens is 1. The third-order valence-corrected chi connectivity index (χ3v) is 2.59. The summed E-state index contributed by atoms with van der Waals surface area (Å²) >= 11 is 0. The molecule has 3 rings (SSSR count). The highest BCUT2D eigenvalue weighted by Crippen LogP contribution is 2.16. The first-order valence-corrected chi connectivity index (χ1v) is 4.99. The van der Waals surface area contributed by atoms with E-state index in [4.69, 9.17) is 0 Å². The van der Waals surface area contributed by atoms with Crippen molar-refractivity contribution < 1.29 is 0 Å². The monoisotopic (exact) mass is 194 g/mol. The van der Waals surface area contributed by atoms with Crippen molar-refractivity contribution in [2.45, 2.75) is 6.42 Å². The van der Waals surface area contributed by atoms with E-state index in [0.29, 0.717) is 0 Å². The van der Waals surface area contributed by atoms with Gasteiger partial charge in [0.15, 0.2) is 0 Å².